The second-order valence-electron chi connectivity index (χ2n) is 8.05. The molecule has 1 aliphatic carbocycles. The fraction of sp³-hybridized carbons (Fsp3) is 0.409. The first-order valence-electron chi connectivity index (χ1n) is 10.4. The van der Waals surface area contributed by atoms with Crippen LogP contribution in [0.5, 0.6) is 0 Å². The minimum Gasteiger partial charge on any atom is -0.387 e. The number of H-pyrrole nitrogens is 1. The van der Waals surface area contributed by atoms with Crippen LogP contribution in [0, 0.1) is 5.92 Å². The average molecular weight is 390 g/mol. The van der Waals surface area contributed by atoms with Crippen LogP contribution in [0.3, 0.4) is 0 Å². The van der Waals surface area contributed by atoms with Gasteiger partial charge in [-0.05, 0) is 49.8 Å². The molecule has 1 aromatic carbocycles. The van der Waals surface area contributed by atoms with Crippen LogP contribution in [-0.4, -0.2) is 43.0 Å². The lowest BCUT2D eigenvalue weighted by atomic mass is 9.80. The number of hydrogen-bond acceptors (Lipinski definition) is 5. The number of rotatable bonds is 6. The molecule has 3 heterocycles. The molecule has 0 saturated heterocycles. The molecule has 0 aliphatic heterocycles. The summed E-state index contributed by atoms with van der Waals surface area (Å²) in [4.78, 5) is 7.56. The van der Waals surface area contributed by atoms with Gasteiger partial charge >= 0.3 is 0 Å². The van der Waals surface area contributed by atoms with Crippen molar-refractivity contribution in [1.29, 1.82) is 0 Å². The SMILES string of the molecule is O[C@H](CNCC1CCC(c2nnn3cnc4[nH]ccc4c23)CC1)c1ccccc1. The van der Waals surface area contributed by atoms with Gasteiger partial charge in [0.2, 0.25) is 0 Å². The highest BCUT2D eigenvalue weighted by atomic mass is 16.3. The summed E-state index contributed by atoms with van der Waals surface area (Å²) in [7, 11) is 0. The molecular weight excluding hydrogens is 364 g/mol. The summed E-state index contributed by atoms with van der Waals surface area (Å²) in [5.74, 6) is 1.09. The van der Waals surface area contributed by atoms with Crippen molar-refractivity contribution in [2.45, 2.75) is 37.7 Å². The molecule has 7 heteroatoms. The van der Waals surface area contributed by atoms with Gasteiger partial charge in [-0.1, -0.05) is 35.5 Å². The Labute approximate surface area is 169 Å². The Bertz CT molecular complexity index is 1080. The summed E-state index contributed by atoms with van der Waals surface area (Å²) in [6.45, 7) is 1.54. The maximum Gasteiger partial charge on any atom is 0.141 e. The fourth-order valence-electron chi connectivity index (χ4n) is 4.55. The van der Waals surface area contributed by atoms with E-state index >= 15 is 0 Å². The Morgan fingerprint density at radius 1 is 1.14 bits per heavy atom. The molecule has 29 heavy (non-hydrogen) atoms. The van der Waals surface area contributed by atoms with Gasteiger partial charge in [0.15, 0.2) is 0 Å². The second kappa shape index (κ2) is 7.93. The molecule has 150 valence electrons. The van der Waals surface area contributed by atoms with E-state index in [1.165, 1.54) is 12.8 Å². The lowest BCUT2D eigenvalue weighted by Crippen LogP contribution is -2.29. The first-order chi connectivity index (χ1) is 14.3. The molecule has 0 radical (unpaired) electrons. The van der Waals surface area contributed by atoms with Crippen molar-refractivity contribution in [3.05, 3.63) is 60.2 Å². The van der Waals surface area contributed by atoms with Gasteiger partial charge in [-0.3, -0.25) is 0 Å². The Morgan fingerprint density at radius 3 is 2.79 bits per heavy atom. The lowest BCUT2D eigenvalue weighted by molar-refractivity contribution is 0.170. The number of aliphatic hydroxyl groups excluding tert-OH is 1. The van der Waals surface area contributed by atoms with Crippen LogP contribution in [0.2, 0.25) is 0 Å². The summed E-state index contributed by atoms with van der Waals surface area (Å²) in [6.07, 6.45) is 7.78. The molecule has 4 aromatic rings. The predicted molar refractivity (Wildman–Crippen MR) is 112 cm³/mol. The third kappa shape index (κ3) is 3.63. The number of hydrogen-bond donors (Lipinski definition) is 3. The minimum atomic E-state index is -0.451. The van der Waals surface area contributed by atoms with E-state index in [0.29, 0.717) is 18.4 Å². The van der Waals surface area contributed by atoms with Crippen LogP contribution >= 0.6 is 0 Å². The van der Waals surface area contributed by atoms with Gasteiger partial charge in [0, 0.05) is 24.0 Å². The van der Waals surface area contributed by atoms with Crippen molar-refractivity contribution >= 4 is 16.6 Å². The van der Waals surface area contributed by atoms with Crippen LogP contribution in [0.25, 0.3) is 16.6 Å². The van der Waals surface area contributed by atoms with Crippen LogP contribution in [0.1, 0.15) is 49.0 Å². The molecule has 3 N–H and O–H groups in total. The van der Waals surface area contributed by atoms with Gasteiger partial charge in [-0.2, -0.15) is 0 Å². The number of aromatic nitrogens is 5. The molecule has 1 fully saturated rings. The number of fused-ring (bicyclic) bond motifs is 3. The van der Waals surface area contributed by atoms with Gasteiger partial charge in [-0.25, -0.2) is 9.50 Å². The zero-order valence-corrected chi connectivity index (χ0v) is 16.3. The summed E-state index contributed by atoms with van der Waals surface area (Å²) in [6, 6.07) is 11.9. The van der Waals surface area contributed by atoms with Crippen molar-refractivity contribution in [2.75, 3.05) is 13.1 Å². The lowest BCUT2D eigenvalue weighted by Gasteiger charge is -2.28. The molecule has 0 spiro atoms. The molecule has 1 atom stereocenters. The van der Waals surface area contributed by atoms with Crippen molar-refractivity contribution in [3.8, 4) is 0 Å². The summed E-state index contributed by atoms with van der Waals surface area (Å²) >= 11 is 0. The molecule has 1 saturated carbocycles. The topological polar surface area (TPSA) is 91.1 Å². The molecule has 7 nitrogen and oxygen atoms in total. The maximum absolute atomic E-state index is 10.3. The highest BCUT2D eigenvalue weighted by Crippen LogP contribution is 2.37. The van der Waals surface area contributed by atoms with Gasteiger partial charge in [0.1, 0.15) is 17.5 Å². The quantitative estimate of drug-likeness (QED) is 0.470. The number of aromatic amines is 1. The highest BCUT2D eigenvalue weighted by molar-refractivity contribution is 5.92. The monoisotopic (exact) mass is 390 g/mol. The Morgan fingerprint density at radius 2 is 1.97 bits per heavy atom. The van der Waals surface area contributed by atoms with Gasteiger partial charge in [-0.15, -0.1) is 5.10 Å². The number of nitrogens with one attached hydrogen (secondary N) is 2. The molecule has 0 bridgehead atoms. The number of nitrogens with zero attached hydrogens (tertiary/aromatic N) is 4. The van der Waals surface area contributed by atoms with Crippen molar-refractivity contribution < 1.29 is 5.11 Å². The van der Waals surface area contributed by atoms with Crippen molar-refractivity contribution in [1.82, 2.24) is 30.1 Å². The van der Waals surface area contributed by atoms with Crippen LogP contribution in [0.4, 0.5) is 0 Å². The van der Waals surface area contributed by atoms with E-state index in [0.717, 1.165) is 47.2 Å². The van der Waals surface area contributed by atoms with Gasteiger partial charge in [0.05, 0.1) is 11.8 Å². The maximum atomic E-state index is 10.3. The van der Waals surface area contributed by atoms with Crippen molar-refractivity contribution in [2.24, 2.45) is 5.92 Å². The molecule has 5 rings (SSSR count). The Hall–Kier alpha value is -2.77. The van der Waals surface area contributed by atoms with Crippen LogP contribution in [-0.2, 0) is 0 Å². The normalized spacial score (nSPS) is 21.0. The Kier molecular flexibility index (Phi) is 4.99. The van der Waals surface area contributed by atoms with Crippen LogP contribution < -0.4 is 5.32 Å². The highest BCUT2D eigenvalue weighted by Gasteiger charge is 2.26. The first kappa shape index (κ1) is 18.3. The number of aliphatic hydroxyl groups is 1. The van der Waals surface area contributed by atoms with E-state index < -0.39 is 6.10 Å². The zero-order valence-electron chi connectivity index (χ0n) is 16.3. The van der Waals surface area contributed by atoms with Gasteiger partial charge in [0.25, 0.3) is 0 Å². The Balaban J connectivity index is 1.18. The summed E-state index contributed by atoms with van der Waals surface area (Å²) in [5, 5.41) is 23.6. The largest absolute Gasteiger partial charge is 0.387 e. The predicted octanol–water partition coefficient (Wildman–Crippen LogP) is 3.20. The van der Waals surface area contributed by atoms with E-state index in [1.54, 1.807) is 10.8 Å². The fourth-order valence-corrected chi connectivity index (χ4v) is 4.55. The molecule has 0 amide bonds. The number of benzene rings is 1. The van der Waals surface area contributed by atoms with E-state index in [1.807, 2.05) is 36.5 Å². The van der Waals surface area contributed by atoms with E-state index in [-0.39, 0.29) is 0 Å². The van der Waals surface area contributed by atoms with E-state index in [9.17, 15) is 5.11 Å². The van der Waals surface area contributed by atoms with Crippen LogP contribution in [0.15, 0.2) is 48.9 Å². The second-order valence-corrected chi connectivity index (χ2v) is 8.05. The molecule has 3 aromatic heterocycles. The first-order valence-corrected chi connectivity index (χ1v) is 10.4. The third-order valence-corrected chi connectivity index (χ3v) is 6.19. The average Bonchev–Trinajstić information content (AvgIpc) is 3.41. The molecular formula is C22H26N6O. The summed E-state index contributed by atoms with van der Waals surface area (Å²) in [5.41, 5.74) is 4.04. The van der Waals surface area contributed by atoms with Crippen molar-refractivity contribution in [3.63, 3.8) is 0 Å². The molecule has 1 aliphatic rings. The van der Waals surface area contributed by atoms with Gasteiger partial charge < -0.3 is 15.4 Å². The molecule has 0 unspecified atom stereocenters. The zero-order chi connectivity index (χ0) is 19.6. The third-order valence-electron chi connectivity index (χ3n) is 6.19. The van der Waals surface area contributed by atoms with E-state index in [2.05, 4.69) is 31.7 Å². The summed E-state index contributed by atoms with van der Waals surface area (Å²) < 4.78 is 1.80. The smallest absolute Gasteiger partial charge is 0.141 e. The standard InChI is InChI=1S/C22H26N6O/c29-19(16-4-2-1-3-5-16)13-23-12-15-6-8-17(9-7-15)20-21-18-10-11-24-22(18)25-14-28(21)27-26-20/h1-5,10-11,14-15,17,19,23-24,29H,6-9,12-13H2/t15?,17?,19-/m1/s1. The van der Waals surface area contributed by atoms with E-state index in [4.69, 9.17) is 0 Å². The minimum absolute atomic E-state index is 0.444.